The summed E-state index contributed by atoms with van der Waals surface area (Å²) in [5.41, 5.74) is 0. The number of amides is 1. The monoisotopic (exact) mass is 367 g/mol. The molecule has 0 bridgehead atoms. The minimum absolute atomic E-state index is 0.0187. The van der Waals surface area contributed by atoms with Crippen LogP contribution in [-0.2, 0) is 4.79 Å². The van der Waals surface area contributed by atoms with Gasteiger partial charge in [-0.3, -0.25) is 4.79 Å². The van der Waals surface area contributed by atoms with Crippen LogP contribution in [0, 0.1) is 5.92 Å². The Kier molecular flexibility index (Phi) is 18.3. The molecule has 0 radical (unpaired) electrons. The van der Waals surface area contributed by atoms with Gasteiger partial charge in [-0.1, -0.05) is 90.7 Å². The van der Waals surface area contributed by atoms with E-state index in [1.807, 2.05) is 13.8 Å². The lowest BCUT2D eigenvalue weighted by Crippen LogP contribution is -2.38. The maximum atomic E-state index is 11.6. The van der Waals surface area contributed by atoms with Crippen LogP contribution in [0.2, 0.25) is 0 Å². The van der Waals surface area contributed by atoms with Gasteiger partial charge in [0.15, 0.2) is 0 Å². The Morgan fingerprint density at radius 2 is 1.27 bits per heavy atom. The lowest BCUT2D eigenvalue weighted by Gasteiger charge is -2.14. The number of nitrogens with one attached hydrogen (secondary N) is 1. The summed E-state index contributed by atoms with van der Waals surface area (Å²) in [7, 11) is 0. The van der Waals surface area contributed by atoms with Gasteiger partial charge in [0.1, 0.15) is 6.10 Å². The Bertz CT molecular complexity index is 339. The van der Waals surface area contributed by atoms with E-state index in [1.165, 1.54) is 77.0 Å². The van der Waals surface area contributed by atoms with Crippen LogP contribution in [0.4, 0.5) is 0 Å². The van der Waals surface area contributed by atoms with E-state index in [0.717, 1.165) is 12.8 Å². The zero-order valence-corrected chi connectivity index (χ0v) is 17.8. The Hall–Kier alpha value is -0.830. The molecule has 3 heteroatoms. The third kappa shape index (κ3) is 16.6. The number of aliphatic hydroxyl groups is 1. The molecule has 26 heavy (non-hydrogen) atoms. The molecule has 0 unspecified atom stereocenters. The first kappa shape index (κ1) is 25.2. The number of hydrogen-bond acceptors (Lipinski definition) is 2. The molecule has 0 rings (SSSR count). The van der Waals surface area contributed by atoms with E-state index >= 15 is 0 Å². The van der Waals surface area contributed by atoms with Crippen molar-refractivity contribution in [2.75, 3.05) is 6.54 Å². The van der Waals surface area contributed by atoms with Gasteiger partial charge in [0, 0.05) is 6.54 Å². The Balaban J connectivity index is 3.24. The van der Waals surface area contributed by atoms with Crippen molar-refractivity contribution in [2.24, 2.45) is 5.92 Å². The van der Waals surface area contributed by atoms with Gasteiger partial charge in [0.05, 0.1) is 0 Å². The maximum Gasteiger partial charge on any atom is 0.249 e. The predicted molar refractivity (Wildman–Crippen MR) is 113 cm³/mol. The van der Waals surface area contributed by atoms with Crippen molar-refractivity contribution in [3.05, 3.63) is 12.2 Å². The Morgan fingerprint density at radius 3 is 1.77 bits per heavy atom. The van der Waals surface area contributed by atoms with Crippen LogP contribution in [0.3, 0.4) is 0 Å². The number of allylic oxidation sites excluding steroid dienone is 2. The van der Waals surface area contributed by atoms with Crippen molar-refractivity contribution in [3.8, 4) is 0 Å². The molecule has 1 atom stereocenters. The fraction of sp³-hybridized carbons (Fsp3) is 0.870. The van der Waals surface area contributed by atoms with Gasteiger partial charge in [0.25, 0.3) is 0 Å². The highest BCUT2D eigenvalue weighted by Gasteiger charge is 2.17. The number of carbonyl (C=O) groups is 1. The van der Waals surface area contributed by atoms with Gasteiger partial charge in [-0.05, 0) is 38.0 Å². The van der Waals surface area contributed by atoms with Crippen LogP contribution in [0.25, 0.3) is 0 Å². The molecule has 0 aromatic carbocycles. The molecule has 2 N–H and O–H groups in total. The molecule has 0 aliphatic heterocycles. The van der Waals surface area contributed by atoms with Crippen LogP contribution < -0.4 is 5.32 Å². The third-order valence-corrected chi connectivity index (χ3v) is 4.89. The number of unbranched alkanes of at least 4 members (excludes halogenated alkanes) is 12. The molecule has 0 spiro atoms. The molecule has 0 aromatic heterocycles. The molecule has 3 nitrogen and oxygen atoms in total. The van der Waals surface area contributed by atoms with E-state index in [1.54, 1.807) is 0 Å². The molecular formula is C23H45NO2. The molecule has 0 saturated carbocycles. The molecule has 0 aliphatic rings. The van der Waals surface area contributed by atoms with E-state index in [9.17, 15) is 9.90 Å². The molecule has 154 valence electrons. The Labute approximate surface area is 163 Å². The van der Waals surface area contributed by atoms with E-state index in [-0.39, 0.29) is 11.8 Å². The second kappa shape index (κ2) is 18.9. The fourth-order valence-electron chi connectivity index (χ4n) is 2.99. The smallest absolute Gasteiger partial charge is 0.249 e. The van der Waals surface area contributed by atoms with Gasteiger partial charge in [0.2, 0.25) is 5.91 Å². The van der Waals surface area contributed by atoms with Crippen molar-refractivity contribution >= 4 is 5.91 Å². The fourth-order valence-corrected chi connectivity index (χ4v) is 2.99. The first-order chi connectivity index (χ1) is 12.6. The Morgan fingerprint density at radius 1 is 0.808 bits per heavy atom. The van der Waals surface area contributed by atoms with Crippen LogP contribution >= 0.6 is 0 Å². The lowest BCUT2D eigenvalue weighted by molar-refractivity contribution is -0.131. The standard InChI is InChI=1S/C23H45NO2/c1-4-5-6-7-8-9-10-11-12-13-14-15-16-17-18-19-20-24-23(26)22(25)21(2)3/h11-12,21-22,25H,4-10,13-20H2,1-3H3,(H,24,26)/b12-11-/t22-/m0/s1. The second-order valence-electron chi connectivity index (χ2n) is 7.92. The normalized spacial score (nSPS) is 12.8. The molecule has 0 aliphatic carbocycles. The van der Waals surface area contributed by atoms with E-state index < -0.39 is 6.10 Å². The molecular weight excluding hydrogens is 322 g/mol. The second-order valence-corrected chi connectivity index (χ2v) is 7.92. The quantitative estimate of drug-likeness (QED) is 0.225. The maximum absolute atomic E-state index is 11.6. The molecule has 0 saturated heterocycles. The molecule has 0 heterocycles. The summed E-state index contributed by atoms with van der Waals surface area (Å²) in [6, 6.07) is 0. The van der Waals surface area contributed by atoms with E-state index in [2.05, 4.69) is 24.4 Å². The highest BCUT2D eigenvalue weighted by Crippen LogP contribution is 2.10. The summed E-state index contributed by atoms with van der Waals surface area (Å²) in [5, 5.41) is 12.4. The van der Waals surface area contributed by atoms with Gasteiger partial charge < -0.3 is 10.4 Å². The van der Waals surface area contributed by atoms with Crippen LogP contribution in [0.15, 0.2) is 12.2 Å². The van der Waals surface area contributed by atoms with Gasteiger partial charge in [-0.2, -0.15) is 0 Å². The van der Waals surface area contributed by atoms with Crippen LogP contribution in [-0.4, -0.2) is 23.7 Å². The number of aliphatic hydroxyl groups excluding tert-OH is 1. The minimum atomic E-state index is -0.871. The summed E-state index contributed by atoms with van der Waals surface area (Å²) in [6.07, 6.45) is 21.9. The minimum Gasteiger partial charge on any atom is -0.383 e. The molecule has 0 fully saturated rings. The zero-order valence-electron chi connectivity index (χ0n) is 17.8. The summed E-state index contributed by atoms with van der Waals surface area (Å²) >= 11 is 0. The summed E-state index contributed by atoms with van der Waals surface area (Å²) in [4.78, 5) is 11.6. The highest BCUT2D eigenvalue weighted by molar-refractivity contribution is 5.80. The summed E-state index contributed by atoms with van der Waals surface area (Å²) in [6.45, 7) is 6.66. The lowest BCUT2D eigenvalue weighted by atomic mass is 10.1. The van der Waals surface area contributed by atoms with Crippen LogP contribution in [0.5, 0.6) is 0 Å². The topological polar surface area (TPSA) is 49.3 Å². The first-order valence-electron chi connectivity index (χ1n) is 11.2. The first-order valence-corrected chi connectivity index (χ1v) is 11.2. The SMILES string of the molecule is CCCCCCCC/C=C\CCCCCCCCNC(=O)[C@@H](O)C(C)C. The van der Waals surface area contributed by atoms with Crippen molar-refractivity contribution in [1.82, 2.24) is 5.32 Å². The van der Waals surface area contributed by atoms with Crippen molar-refractivity contribution < 1.29 is 9.90 Å². The van der Waals surface area contributed by atoms with Gasteiger partial charge in [-0.15, -0.1) is 0 Å². The average molecular weight is 368 g/mol. The molecule has 1 amide bonds. The summed E-state index contributed by atoms with van der Waals surface area (Å²) < 4.78 is 0. The van der Waals surface area contributed by atoms with Gasteiger partial charge in [-0.25, -0.2) is 0 Å². The van der Waals surface area contributed by atoms with E-state index in [4.69, 9.17) is 0 Å². The van der Waals surface area contributed by atoms with Crippen molar-refractivity contribution in [2.45, 2.75) is 117 Å². The summed E-state index contributed by atoms with van der Waals surface area (Å²) in [5.74, 6) is -0.248. The average Bonchev–Trinajstić information content (AvgIpc) is 2.63. The van der Waals surface area contributed by atoms with Crippen LogP contribution in [0.1, 0.15) is 111 Å². The van der Waals surface area contributed by atoms with Gasteiger partial charge >= 0.3 is 0 Å². The third-order valence-electron chi connectivity index (χ3n) is 4.89. The predicted octanol–water partition coefficient (Wildman–Crippen LogP) is 6.16. The van der Waals surface area contributed by atoms with E-state index in [0.29, 0.717) is 6.54 Å². The van der Waals surface area contributed by atoms with Crippen molar-refractivity contribution in [1.29, 1.82) is 0 Å². The zero-order chi connectivity index (χ0) is 19.5. The number of hydrogen-bond donors (Lipinski definition) is 2. The number of rotatable bonds is 18. The molecule has 0 aromatic rings. The number of carbonyl (C=O) groups excluding carboxylic acids is 1. The largest absolute Gasteiger partial charge is 0.383 e. The van der Waals surface area contributed by atoms with Crippen molar-refractivity contribution in [3.63, 3.8) is 0 Å². The highest BCUT2D eigenvalue weighted by atomic mass is 16.3.